The van der Waals surface area contributed by atoms with Gasteiger partial charge in [-0.2, -0.15) is 0 Å². The number of phenolic OH excluding ortho intramolecular Hbond substituents is 1. The Kier molecular flexibility index (Phi) is 6.55. The molecule has 4 aromatic rings. The Hall–Kier alpha value is -4.32. The van der Waals surface area contributed by atoms with Gasteiger partial charge < -0.3 is 19.3 Å². The Morgan fingerprint density at radius 3 is 1.91 bits per heavy atom. The van der Waals surface area contributed by atoms with E-state index in [1.807, 2.05) is 24.3 Å². The van der Waals surface area contributed by atoms with Gasteiger partial charge in [0.2, 0.25) is 0 Å². The smallest absolute Gasteiger partial charge is 0.343 e. The number of aryl methyl sites for hydroxylation is 1. The van der Waals surface area contributed by atoms with Crippen molar-refractivity contribution in [2.24, 2.45) is 0 Å². The molecule has 0 bridgehead atoms. The molecular weight excluding hydrogens is 420 g/mol. The van der Waals surface area contributed by atoms with Gasteiger partial charge >= 0.3 is 11.9 Å². The third-order valence-electron chi connectivity index (χ3n) is 5.11. The summed E-state index contributed by atoms with van der Waals surface area (Å²) >= 11 is 0. The summed E-state index contributed by atoms with van der Waals surface area (Å²) in [6.07, 6.45) is 0.836. The molecule has 0 fully saturated rings. The van der Waals surface area contributed by atoms with Crippen LogP contribution in [0.25, 0.3) is 10.8 Å². The quantitative estimate of drug-likeness (QED) is 0.308. The average molecular weight is 442 g/mol. The van der Waals surface area contributed by atoms with E-state index in [-0.39, 0.29) is 18.1 Å². The molecule has 0 aliphatic heterocycles. The fourth-order valence-electron chi connectivity index (χ4n) is 3.31. The van der Waals surface area contributed by atoms with Crippen molar-refractivity contribution in [1.29, 1.82) is 0 Å². The highest BCUT2D eigenvalue weighted by atomic mass is 16.5. The van der Waals surface area contributed by atoms with E-state index in [1.165, 1.54) is 24.3 Å². The molecule has 33 heavy (non-hydrogen) atoms. The number of ether oxygens (including phenoxy) is 3. The summed E-state index contributed by atoms with van der Waals surface area (Å²) < 4.78 is 16.0. The highest BCUT2D eigenvalue weighted by Crippen LogP contribution is 2.26. The summed E-state index contributed by atoms with van der Waals surface area (Å²) in [5.74, 6) is 0.868. The monoisotopic (exact) mass is 442 g/mol. The second-order valence-corrected chi connectivity index (χ2v) is 7.43. The Bertz CT molecular complexity index is 1280. The summed E-state index contributed by atoms with van der Waals surface area (Å²) in [5, 5.41) is 11.0. The Balaban J connectivity index is 1.37. The summed E-state index contributed by atoms with van der Waals surface area (Å²) in [5.41, 5.74) is 1.37. The first-order valence-corrected chi connectivity index (χ1v) is 10.4. The largest absolute Gasteiger partial charge is 0.508 e. The molecule has 0 saturated heterocycles. The number of fused-ring (bicyclic) bond motifs is 1. The first-order valence-electron chi connectivity index (χ1n) is 10.4. The van der Waals surface area contributed by atoms with Crippen LogP contribution in [0.1, 0.15) is 22.3 Å². The van der Waals surface area contributed by atoms with Crippen LogP contribution in [-0.4, -0.2) is 24.2 Å². The van der Waals surface area contributed by atoms with E-state index in [2.05, 4.69) is 0 Å². The van der Waals surface area contributed by atoms with Crippen molar-refractivity contribution in [1.82, 2.24) is 0 Å². The van der Waals surface area contributed by atoms with Crippen LogP contribution < -0.4 is 14.2 Å². The highest BCUT2D eigenvalue weighted by molar-refractivity contribution is 5.92. The van der Waals surface area contributed by atoms with Crippen LogP contribution in [0.15, 0.2) is 84.9 Å². The fourth-order valence-corrected chi connectivity index (χ4v) is 3.31. The first-order chi connectivity index (χ1) is 16.0. The molecule has 0 radical (unpaired) electrons. The Morgan fingerprint density at radius 1 is 0.727 bits per heavy atom. The van der Waals surface area contributed by atoms with E-state index in [0.29, 0.717) is 23.5 Å². The zero-order valence-corrected chi connectivity index (χ0v) is 18.0. The molecule has 0 spiro atoms. The number of rotatable bonds is 7. The molecular formula is C27H22O6. The average Bonchev–Trinajstić information content (AvgIpc) is 2.83. The summed E-state index contributed by atoms with van der Waals surface area (Å²) in [4.78, 5) is 24.5. The predicted octanol–water partition coefficient (Wildman–Crippen LogP) is 5.31. The molecule has 0 aromatic heterocycles. The second kappa shape index (κ2) is 9.87. The molecule has 0 heterocycles. The van der Waals surface area contributed by atoms with Crippen LogP contribution in [0.3, 0.4) is 0 Å². The lowest BCUT2D eigenvalue weighted by atomic mass is 10.1. The minimum Gasteiger partial charge on any atom is -0.508 e. The number of phenols is 1. The minimum absolute atomic E-state index is 0.0782. The van der Waals surface area contributed by atoms with Crippen LogP contribution >= 0.6 is 0 Å². The van der Waals surface area contributed by atoms with E-state index >= 15 is 0 Å². The predicted molar refractivity (Wildman–Crippen MR) is 124 cm³/mol. The number of carbonyl (C=O) groups is 2. The zero-order valence-electron chi connectivity index (χ0n) is 18.0. The molecule has 0 aliphatic rings. The summed E-state index contributed by atoms with van der Waals surface area (Å²) in [7, 11) is 1.61. The highest BCUT2D eigenvalue weighted by Gasteiger charge is 2.10. The third-order valence-corrected chi connectivity index (χ3v) is 5.11. The Labute approximate surface area is 191 Å². The molecule has 6 heteroatoms. The van der Waals surface area contributed by atoms with Gasteiger partial charge in [-0.05, 0) is 83.4 Å². The number of esters is 2. The SMILES string of the molecule is COc1ccc(CCC(=O)Oc2ccc3cc(OC(=O)c4ccc(O)cc4)ccc3c2)cc1. The van der Waals surface area contributed by atoms with Gasteiger partial charge in [0.25, 0.3) is 0 Å². The van der Waals surface area contributed by atoms with Gasteiger partial charge in [0.05, 0.1) is 12.7 Å². The van der Waals surface area contributed by atoms with Crippen molar-refractivity contribution < 1.29 is 28.9 Å². The van der Waals surface area contributed by atoms with Gasteiger partial charge in [-0.25, -0.2) is 4.79 Å². The van der Waals surface area contributed by atoms with Gasteiger partial charge in [-0.3, -0.25) is 4.79 Å². The topological polar surface area (TPSA) is 82.1 Å². The van der Waals surface area contributed by atoms with Crippen LogP contribution in [0.2, 0.25) is 0 Å². The van der Waals surface area contributed by atoms with E-state index in [9.17, 15) is 14.7 Å². The van der Waals surface area contributed by atoms with Crippen molar-refractivity contribution in [2.45, 2.75) is 12.8 Å². The third kappa shape index (κ3) is 5.68. The maximum Gasteiger partial charge on any atom is 0.343 e. The van der Waals surface area contributed by atoms with E-state index in [1.54, 1.807) is 43.5 Å². The number of hydrogen-bond donors (Lipinski definition) is 1. The maximum absolute atomic E-state index is 12.3. The van der Waals surface area contributed by atoms with Crippen molar-refractivity contribution in [3.63, 3.8) is 0 Å². The minimum atomic E-state index is -0.517. The maximum atomic E-state index is 12.3. The van der Waals surface area contributed by atoms with Gasteiger partial charge in [-0.1, -0.05) is 24.3 Å². The van der Waals surface area contributed by atoms with Gasteiger partial charge in [-0.15, -0.1) is 0 Å². The fraction of sp³-hybridized carbons (Fsp3) is 0.111. The number of aromatic hydroxyl groups is 1. The molecule has 0 unspecified atom stereocenters. The van der Waals surface area contributed by atoms with E-state index < -0.39 is 5.97 Å². The molecule has 0 aliphatic carbocycles. The standard InChI is InChI=1S/C27H22O6/c1-31-23-11-2-18(3-12-23)4-15-26(29)32-24-13-7-21-17-25(14-8-20(21)16-24)33-27(30)19-5-9-22(28)10-6-19/h2-3,5-14,16-17,28H,4,15H2,1H3. The second-order valence-electron chi connectivity index (χ2n) is 7.43. The van der Waals surface area contributed by atoms with E-state index in [0.717, 1.165) is 22.1 Å². The molecule has 0 amide bonds. The number of methoxy groups -OCH3 is 1. The molecule has 1 N–H and O–H groups in total. The summed E-state index contributed by atoms with van der Waals surface area (Å²) in [6, 6.07) is 23.9. The molecule has 4 rings (SSSR count). The normalized spacial score (nSPS) is 10.6. The van der Waals surface area contributed by atoms with Gasteiger partial charge in [0.1, 0.15) is 23.0 Å². The van der Waals surface area contributed by atoms with Gasteiger partial charge in [0.15, 0.2) is 0 Å². The van der Waals surface area contributed by atoms with Crippen molar-refractivity contribution in [3.05, 3.63) is 96.1 Å². The zero-order chi connectivity index (χ0) is 23.2. The molecule has 0 atom stereocenters. The van der Waals surface area contributed by atoms with Crippen LogP contribution in [0.4, 0.5) is 0 Å². The number of hydrogen-bond acceptors (Lipinski definition) is 6. The van der Waals surface area contributed by atoms with E-state index in [4.69, 9.17) is 14.2 Å². The lowest BCUT2D eigenvalue weighted by Crippen LogP contribution is -2.09. The number of carbonyl (C=O) groups excluding carboxylic acids is 2. The molecule has 4 aromatic carbocycles. The van der Waals surface area contributed by atoms with Crippen LogP contribution in [0, 0.1) is 0 Å². The lowest BCUT2D eigenvalue weighted by molar-refractivity contribution is -0.134. The molecule has 6 nitrogen and oxygen atoms in total. The van der Waals surface area contributed by atoms with Crippen molar-refractivity contribution in [3.8, 4) is 23.0 Å². The Morgan fingerprint density at radius 2 is 1.30 bits per heavy atom. The van der Waals surface area contributed by atoms with Crippen molar-refractivity contribution in [2.75, 3.05) is 7.11 Å². The molecule has 166 valence electrons. The first kappa shape index (κ1) is 21.9. The van der Waals surface area contributed by atoms with Gasteiger partial charge in [0, 0.05) is 6.42 Å². The summed E-state index contributed by atoms with van der Waals surface area (Å²) in [6.45, 7) is 0. The number of benzene rings is 4. The van der Waals surface area contributed by atoms with Crippen LogP contribution in [0.5, 0.6) is 23.0 Å². The van der Waals surface area contributed by atoms with Crippen molar-refractivity contribution >= 4 is 22.7 Å². The lowest BCUT2D eigenvalue weighted by Gasteiger charge is -2.08. The molecule has 0 saturated carbocycles. The van der Waals surface area contributed by atoms with Crippen LogP contribution in [-0.2, 0) is 11.2 Å².